The van der Waals surface area contributed by atoms with Gasteiger partial charge in [-0.25, -0.2) is 18.3 Å². The van der Waals surface area contributed by atoms with Gasteiger partial charge in [-0.2, -0.15) is 5.10 Å². The van der Waals surface area contributed by atoms with Crippen LogP contribution in [0.5, 0.6) is 0 Å². The van der Waals surface area contributed by atoms with Crippen molar-refractivity contribution in [3.05, 3.63) is 77.6 Å². The average molecular weight is 424 g/mol. The summed E-state index contributed by atoms with van der Waals surface area (Å²) in [5, 5.41) is 6.83. The van der Waals surface area contributed by atoms with Gasteiger partial charge in [-0.1, -0.05) is 42.0 Å². The molecule has 5 nitrogen and oxygen atoms in total. The molecule has 0 radical (unpaired) electrons. The maximum Gasteiger partial charge on any atom is 0.280 e. The quantitative estimate of drug-likeness (QED) is 0.423. The van der Waals surface area contributed by atoms with Crippen molar-refractivity contribution < 1.29 is 13.6 Å². The van der Waals surface area contributed by atoms with E-state index in [0.29, 0.717) is 16.9 Å². The summed E-state index contributed by atoms with van der Waals surface area (Å²) in [6, 6.07) is 16.1. The number of thioether (sulfide) groups is 1. The van der Waals surface area contributed by atoms with Gasteiger partial charge in [0.15, 0.2) is 5.65 Å². The van der Waals surface area contributed by atoms with Crippen LogP contribution in [0.15, 0.2) is 65.7 Å². The maximum atomic E-state index is 13.7. The number of hydrogen-bond donors (Lipinski definition) is 1. The van der Waals surface area contributed by atoms with Crippen molar-refractivity contribution in [1.29, 1.82) is 0 Å². The van der Waals surface area contributed by atoms with Crippen LogP contribution >= 0.6 is 11.8 Å². The molecular formula is C22H18F2N4OS. The van der Waals surface area contributed by atoms with E-state index in [1.807, 2.05) is 55.6 Å². The summed E-state index contributed by atoms with van der Waals surface area (Å²) < 4.78 is 28.5. The van der Waals surface area contributed by atoms with Gasteiger partial charge in [0.05, 0.1) is 17.6 Å². The Bertz CT molecular complexity index is 1220. The van der Waals surface area contributed by atoms with Crippen LogP contribution in [-0.2, 0) is 0 Å². The highest BCUT2D eigenvalue weighted by Gasteiger charge is 2.22. The van der Waals surface area contributed by atoms with Crippen molar-refractivity contribution in [2.75, 3.05) is 11.6 Å². The molecule has 2 aromatic heterocycles. The molecule has 0 atom stereocenters. The molecule has 0 saturated carbocycles. The molecule has 2 heterocycles. The summed E-state index contributed by atoms with van der Waals surface area (Å²) >= 11 is 1.50. The van der Waals surface area contributed by atoms with E-state index in [0.717, 1.165) is 15.0 Å². The maximum absolute atomic E-state index is 13.7. The first-order chi connectivity index (χ1) is 14.5. The van der Waals surface area contributed by atoms with Gasteiger partial charge in [-0.05, 0) is 31.4 Å². The third kappa shape index (κ3) is 3.78. The number of aromatic nitrogens is 3. The number of fused-ring (bicyclic) bond motifs is 1. The number of hydrogen-bond acceptors (Lipinski definition) is 4. The number of rotatable bonds is 5. The Morgan fingerprint density at radius 3 is 2.57 bits per heavy atom. The van der Waals surface area contributed by atoms with Crippen molar-refractivity contribution in [3.8, 4) is 11.3 Å². The van der Waals surface area contributed by atoms with Crippen molar-refractivity contribution in [2.45, 2.75) is 18.2 Å². The number of halogens is 2. The normalized spacial score (nSPS) is 11.2. The van der Waals surface area contributed by atoms with Gasteiger partial charge in [-0.3, -0.25) is 4.79 Å². The first-order valence-electron chi connectivity index (χ1n) is 9.16. The molecule has 0 bridgehead atoms. The number of anilines is 1. The summed E-state index contributed by atoms with van der Waals surface area (Å²) in [4.78, 5) is 18.3. The van der Waals surface area contributed by atoms with Crippen LogP contribution in [-0.4, -0.2) is 26.8 Å². The molecule has 4 aromatic rings. The minimum Gasteiger partial charge on any atom is -0.321 e. The van der Waals surface area contributed by atoms with E-state index in [2.05, 4.69) is 15.4 Å². The second kappa shape index (κ2) is 8.23. The lowest BCUT2D eigenvalue weighted by Crippen LogP contribution is -2.13. The summed E-state index contributed by atoms with van der Waals surface area (Å²) in [7, 11) is 0. The van der Waals surface area contributed by atoms with Crippen LogP contribution in [0.2, 0.25) is 0 Å². The second-order valence-electron chi connectivity index (χ2n) is 6.68. The second-order valence-corrected chi connectivity index (χ2v) is 7.53. The molecule has 8 heteroatoms. The molecule has 2 aromatic carbocycles. The lowest BCUT2D eigenvalue weighted by Gasteiger charge is -2.10. The van der Waals surface area contributed by atoms with Crippen LogP contribution in [0.1, 0.15) is 28.0 Å². The van der Waals surface area contributed by atoms with Crippen molar-refractivity contribution in [2.24, 2.45) is 0 Å². The van der Waals surface area contributed by atoms with Gasteiger partial charge in [-0.15, -0.1) is 11.8 Å². The number of aryl methyl sites for hydroxylation is 1. The summed E-state index contributed by atoms with van der Waals surface area (Å²) in [5.74, 6) is -0.458. The van der Waals surface area contributed by atoms with E-state index in [4.69, 9.17) is 0 Å². The Morgan fingerprint density at radius 1 is 1.13 bits per heavy atom. The van der Waals surface area contributed by atoms with Gasteiger partial charge in [0.25, 0.3) is 12.3 Å². The number of carbonyl (C=O) groups is 1. The lowest BCUT2D eigenvalue weighted by atomic mass is 10.1. The molecule has 0 fully saturated rings. The molecule has 1 N–H and O–H groups in total. The van der Waals surface area contributed by atoms with Gasteiger partial charge >= 0.3 is 0 Å². The molecule has 0 aliphatic heterocycles. The fourth-order valence-electron chi connectivity index (χ4n) is 3.11. The van der Waals surface area contributed by atoms with E-state index in [9.17, 15) is 13.6 Å². The van der Waals surface area contributed by atoms with E-state index >= 15 is 0 Å². The molecule has 0 aliphatic carbocycles. The number of carbonyl (C=O) groups excluding carboxylic acids is 1. The van der Waals surface area contributed by atoms with Gasteiger partial charge in [0, 0.05) is 10.5 Å². The SMILES string of the molecule is CSc1ccccc1NC(=O)c1cnn2c(C(F)F)cc(-c3ccc(C)cc3)nc12. The Labute approximate surface area is 176 Å². The zero-order valence-corrected chi connectivity index (χ0v) is 17.1. The highest BCUT2D eigenvalue weighted by Crippen LogP contribution is 2.28. The van der Waals surface area contributed by atoms with Crippen molar-refractivity contribution in [1.82, 2.24) is 14.6 Å². The summed E-state index contributed by atoms with van der Waals surface area (Å²) in [6.45, 7) is 1.94. The Morgan fingerprint density at radius 2 is 1.87 bits per heavy atom. The standard InChI is InChI=1S/C22H18F2N4OS/c1-13-7-9-14(10-8-13)17-11-18(20(23)24)28-21(26-17)15(12-25-28)22(29)27-16-5-3-4-6-19(16)30-2/h3-12,20H,1-2H3,(H,27,29). The van der Waals surface area contributed by atoms with Gasteiger partial charge in [0.2, 0.25) is 0 Å². The lowest BCUT2D eigenvalue weighted by molar-refractivity contribution is 0.102. The Kier molecular flexibility index (Phi) is 5.50. The number of nitrogens with zero attached hydrogens (tertiary/aromatic N) is 3. The van der Waals surface area contributed by atoms with E-state index in [-0.39, 0.29) is 16.9 Å². The molecule has 152 valence electrons. The largest absolute Gasteiger partial charge is 0.321 e. The van der Waals surface area contributed by atoms with Gasteiger partial charge in [0.1, 0.15) is 11.3 Å². The third-order valence-electron chi connectivity index (χ3n) is 4.67. The predicted molar refractivity (Wildman–Crippen MR) is 114 cm³/mol. The van der Waals surface area contributed by atoms with Crippen molar-refractivity contribution >= 4 is 29.0 Å². The van der Waals surface area contributed by atoms with Crippen LogP contribution < -0.4 is 5.32 Å². The van der Waals surface area contributed by atoms with Crippen LogP contribution in [0.25, 0.3) is 16.9 Å². The minimum atomic E-state index is -2.77. The summed E-state index contributed by atoms with van der Waals surface area (Å²) in [6.07, 6.45) is 0.405. The fourth-order valence-corrected chi connectivity index (χ4v) is 3.67. The first-order valence-corrected chi connectivity index (χ1v) is 10.4. The molecule has 0 aliphatic rings. The average Bonchev–Trinajstić information content (AvgIpc) is 3.18. The number of nitrogens with one attached hydrogen (secondary N) is 1. The van der Waals surface area contributed by atoms with Crippen LogP contribution in [0, 0.1) is 6.92 Å². The summed E-state index contributed by atoms with van der Waals surface area (Å²) in [5.41, 5.74) is 2.62. The molecular weight excluding hydrogens is 406 g/mol. The highest BCUT2D eigenvalue weighted by atomic mass is 32.2. The van der Waals surface area contributed by atoms with Crippen LogP contribution in [0.3, 0.4) is 0 Å². The zero-order chi connectivity index (χ0) is 21.3. The number of alkyl halides is 2. The minimum absolute atomic E-state index is 0.0857. The predicted octanol–water partition coefficient (Wildman–Crippen LogP) is 5.62. The number of benzene rings is 2. The smallest absolute Gasteiger partial charge is 0.280 e. The van der Waals surface area contributed by atoms with E-state index < -0.39 is 12.3 Å². The molecule has 0 unspecified atom stereocenters. The van der Waals surface area contributed by atoms with Crippen LogP contribution in [0.4, 0.5) is 14.5 Å². The fraction of sp³-hybridized carbons (Fsp3) is 0.136. The molecule has 4 rings (SSSR count). The third-order valence-corrected chi connectivity index (χ3v) is 5.47. The highest BCUT2D eigenvalue weighted by molar-refractivity contribution is 7.98. The Hall–Kier alpha value is -3.26. The molecule has 0 spiro atoms. The molecule has 30 heavy (non-hydrogen) atoms. The van der Waals surface area contributed by atoms with E-state index in [1.54, 1.807) is 6.07 Å². The number of amides is 1. The monoisotopic (exact) mass is 424 g/mol. The topological polar surface area (TPSA) is 59.3 Å². The van der Waals surface area contributed by atoms with Gasteiger partial charge < -0.3 is 5.32 Å². The van der Waals surface area contributed by atoms with Crippen molar-refractivity contribution in [3.63, 3.8) is 0 Å². The molecule has 0 saturated heterocycles. The first kappa shape index (κ1) is 20.0. The molecule has 1 amide bonds. The van der Waals surface area contributed by atoms with E-state index in [1.165, 1.54) is 24.0 Å². The zero-order valence-electron chi connectivity index (χ0n) is 16.3. The Balaban J connectivity index is 1.81. The number of para-hydroxylation sites is 1.